The predicted molar refractivity (Wildman–Crippen MR) is 164 cm³/mol. The number of rotatable bonds is 15. The van der Waals surface area contributed by atoms with E-state index < -0.39 is 23.9 Å². The summed E-state index contributed by atoms with van der Waals surface area (Å²) in [6.07, 6.45) is 1.08. The molecule has 0 saturated carbocycles. The molecular weight excluding hydrogens is 570 g/mol. The van der Waals surface area contributed by atoms with Crippen LogP contribution in [0.3, 0.4) is 0 Å². The van der Waals surface area contributed by atoms with E-state index in [-0.39, 0.29) is 37.8 Å². The molecule has 3 rings (SSSR count). The lowest BCUT2D eigenvalue weighted by Gasteiger charge is -2.27. The van der Waals surface area contributed by atoms with Gasteiger partial charge in [-0.3, -0.25) is 14.4 Å². The second-order valence-electron chi connectivity index (χ2n) is 9.79. The minimum Gasteiger partial charge on any atom is -0.495 e. The van der Waals surface area contributed by atoms with Crippen LogP contribution >= 0.6 is 0 Å². The molecule has 234 valence electrons. The molecule has 0 aliphatic heterocycles. The van der Waals surface area contributed by atoms with Gasteiger partial charge in [0, 0.05) is 26.0 Å². The fourth-order valence-electron chi connectivity index (χ4n) is 4.21. The first-order chi connectivity index (χ1) is 21.1. The molecule has 44 heavy (non-hydrogen) atoms. The van der Waals surface area contributed by atoms with Crippen LogP contribution in [0.2, 0.25) is 0 Å². The lowest BCUT2D eigenvalue weighted by molar-refractivity contribution is -0.142. The number of carboxylic acid groups (broad SMARTS) is 1. The van der Waals surface area contributed by atoms with E-state index in [1.807, 2.05) is 25.1 Å². The molecule has 0 bridgehead atoms. The average Bonchev–Trinajstić information content (AvgIpc) is 3.00. The Labute approximate surface area is 255 Å². The summed E-state index contributed by atoms with van der Waals surface area (Å²) in [7, 11) is 4.48. The number of hydrogen-bond acceptors (Lipinski definition) is 8. The summed E-state index contributed by atoms with van der Waals surface area (Å²) in [5, 5.41) is 17.7. The molecule has 1 atom stereocenters. The summed E-state index contributed by atoms with van der Waals surface area (Å²) in [6, 6.07) is 14.3. The van der Waals surface area contributed by atoms with Crippen LogP contribution in [-0.2, 0) is 30.3 Å². The molecule has 0 aliphatic rings. The number of anilines is 3. The number of likely N-dealkylation sites (N-methyl/N-ethyl adjacent to an activating group) is 1. The Morgan fingerprint density at radius 1 is 0.955 bits per heavy atom. The number of aliphatic carboxylic acids is 1. The summed E-state index contributed by atoms with van der Waals surface area (Å²) < 4.78 is 15.6. The van der Waals surface area contributed by atoms with Gasteiger partial charge in [0.15, 0.2) is 0 Å². The number of methoxy groups -OCH3 is 2. The zero-order valence-electron chi connectivity index (χ0n) is 25.1. The van der Waals surface area contributed by atoms with Crippen molar-refractivity contribution in [2.75, 3.05) is 57.0 Å². The molecule has 2 aromatic carbocycles. The number of carbonyl (C=O) groups is 4. The number of carboxylic acids is 1. The quantitative estimate of drug-likeness (QED) is 0.188. The van der Waals surface area contributed by atoms with Gasteiger partial charge in [0.05, 0.1) is 44.9 Å². The van der Waals surface area contributed by atoms with Crippen LogP contribution in [0.15, 0.2) is 60.8 Å². The number of carbonyl (C=O) groups excluding carboxylic acids is 3. The van der Waals surface area contributed by atoms with Gasteiger partial charge in [-0.15, -0.1) is 0 Å². The Morgan fingerprint density at radius 3 is 2.36 bits per heavy atom. The van der Waals surface area contributed by atoms with Gasteiger partial charge >= 0.3 is 12.0 Å². The average molecular weight is 608 g/mol. The smallest absolute Gasteiger partial charge is 0.323 e. The molecule has 0 aliphatic carbocycles. The fourth-order valence-corrected chi connectivity index (χ4v) is 4.21. The standard InChI is InChI=1S/C31H37N5O8/c1-20-7-5-6-8-23(20)33-31(41)34-24-11-9-21(15-26(24)43-4)16-28(37)35-27-12-10-22(18-32-27)25(17-30(39)40)36(2)29(38)19-44-14-13-42-3/h5-12,15,18,25H,13-14,16-17,19H2,1-4H3,(H,39,40)(H,32,35,37)(H2,33,34,41). The fraction of sp³-hybridized carbons (Fsp3) is 0.323. The minimum absolute atomic E-state index is 0.00255. The molecule has 0 radical (unpaired) electrons. The third kappa shape index (κ3) is 10.1. The summed E-state index contributed by atoms with van der Waals surface area (Å²) in [5.74, 6) is -1.20. The normalized spacial score (nSPS) is 11.3. The van der Waals surface area contributed by atoms with Gasteiger partial charge in [-0.25, -0.2) is 9.78 Å². The van der Waals surface area contributed by atoms with E-state index >= 15 is 0 Å². The molecule has 3 aromatic rings. The number of amides is 4. The lowest BCUT2D eigenvalue weighted by Crippen LogP contribution is -2.35. The summed E-state index contributed by atoms with van der Waals surface area (Å²) in [5.41, 5.74) is 3.15. The van der Waals surface area contributed by atoms with E-state index in [0.29, 0.717) is 34.9 Å². The first-order valence-corrected chi connectivity index (χ1v) is 13.7. The Kier molecular flexibility index (Phi) is 12.6. The maximum Gasteiger partial charge on any atom is 0.323 e. The number of ether oxygens (including phenoxy) is 3. The number of urea groups is 1. The lowest BCUT2D eigenvalue weighted by atomic mass is 10.0. The third-order valence-corrected chi connectivity index (χ3v) is 6.60. The molecule has 13 heteroatoms. The van der Waals surface area contributed by atoms with Crippen LogP contribution in [0.5, 0.6) is 5.75 Å². The Morgan fingerprint density at radius 2 is 1.70 bits per heavy atom. The van der Waals surface area contributed by atoms with Crippen LogP contribution in [-0.4, -0.2) is 79.9 Å². The first kappa shape index (κ1) is 33.5. The Bertz CT molecular complexity index is 1450. The zero-order valence-corrected chi connectivity index (χ0v) is 25.1. The molecule has 13 nitrogen and oxygen atoms in total. The van der Waals surface area contributed by atoms with E-state index in [1.165, 1.54) is 38.4 Å². The second kappa shape index (κ2) is 16.6. The van der Waals surface area contributed by atoms with Gasteiger partial charge in [0.25, 0.3) is 0 Å². The van der Waals surface area contributed by atoms with Gasteiger partial charge in [0.1, 0.15) is 18.2 Å². The van der Waals surface area contributed by atoms with Gasteiger partial charge in [-0.1, -0.05) is 30.3 Å². The van der Waals surface area contributed by atoms with Gasteiger partial charge in [-0.2, -0.15) is 0 Å². The predicted octanol–water partition coefficient (Wildman–Crippen LogP) is 3.86. The van der Waals surface area contributed by atoms with E-state index in [2.05, 4.69) is 20.9 Å². The van der Waals surface area contributed by atoms with E-state index in [1.54, 1.807) is 30.3 Å². The van der Waals surface area contributed by atoms with Crippen molar-refractivity contribution in [3.05, 3.63) is 77.5 Å². The number of para-hydroxylation sites is 1. The molecule has 1 unspecified atom stereocenters. The van der Waals surface area contributed by atoms with Crippen LogP contribution in [0, 0.1) is 6.92 Å². The Balaban J connectivity index is 1.60. The SMILES string of the molecule is COCCOCC(=O)N(C)C(CC(=O)O)c1ccc(NC(=O)Cc2ccc(NC(=O)Nc3ccccc3C)c(OC)c2)nc1. The van der Waals surface area contributed by atoms with Crippen molar-refractivity contribution in [1.29, 1.82) is 0 Å². The van der Waals surface area contributed by atoms with Crippen LogP contribution < -0.4 is 20.7 Å². The molecule has 4 amide bonds. The highest BCUT2D eigenvalue weighted by Gasteiger charge is 2.25. The van der Waals surface area contributed by atoms with Crippen molar-refractivity contribution in [3.8, 4) is 5.75 Å². The molecule has 4 N–H and O–H groups in total. The molecular formula is C31H37N5O8. The van der Waals surface area contributed by atoms with Crippen LogP contribution in [0.4, 0.5) is 22.0 Å². The molecule has 0 saturated heterocycles. The molecule has 1 aromatic heterocycles. The molecule has 1 heterocycles. The maximum absolute atomic E-state index is 12.8. The topological polar surface area (TPSA) is 168 Å². The summed E-state index contributed by atoms with van der Waals surface area (Å²) >= 11 is 0. The first-order valence-electron chi connectivity index (χ1n) is 13.7. The largest absolute Gasteiger partial charge is 0.495 e. The van der Waals surface area contributed by atoms with E-state index in [0.717, 1.165) is 5.56 Å². The highest BCUT2D eigenvalue weighted by Crippen LogP contribution is 2.27. The van der Waals surface area contributed by atoms with Crippen molar-refractivity contribution < 1.29 is 38.5 Å². The number of nitrogens with one attached hydrogen (secondary N) is 3. The number of hydrogen-bond donors (Lipinski definition) is 4. The minimum atomic E-state index is -1.09. The van der Waals surface area contributed by atoms with Crippen molar-refractivity contribution in [3.63, 3.8) is 0 Å². The van der Waals surface area contributed by atoms with Crippen molar-refractivity contribution >= 4 is 41.0 Å². The van der Waals surface area contributed by atoms with Gasteiger partial charge in [0.2, 0.25) is 11.8 Å². The summed E-state index contributed by atoms with van der Waals surface area (Å²) in [6.45, 7) is 2.23. The van der Waals surface area contributed by atoms with Crippen molar-refractivity contribution in [1.82, 2.24) is 9.88 Å². The number of aryl methyl sites for hydroxylation is 1. The van der Waals surface area contributed by atoms with Gasteiger partial charge in [-0.05, 0) is 47.9 Å². The second-order valence-corrected chi connectivity index (χ2v) is 9.79. The molecule has 0 fully saturated rings. The van der Waals surface area contributed by atoms with Crippen molar-refractivity contribution in [2.24, 2.45) is 0 Å². The van der Waals surface area contributed by atoms with Crippen molar-refractivity contribution in [2.45, 2.75) is 25.8 Å². The highest BCUT2D eigenvalue weighted by atomic mass is 16.5. The Hall–Kier alpha value is -5.01. The summed E-state index contributed by atoms with van der Waals surface area (Å²) in [4.78, 5) is 54.9. The van der Waals surface area contributed by atoms with E-state index in [9.17, 15) is 24.3 Å². The third-order valence-electron chi connectivity index (χ3n) is 6.60. The van der Waals surface area contributed by atoms with Gasteiger partial charge < -0.3 is 40.2 Å². The number of pyridine rings is 1. The van der Waals surface area contributed by atoms with E-state index in [4.69, 9.17) is 14.2 Å². The number of benzene rings is 2. The number of aromatic nitrogens is 1. The maximum atomic E-state index is 12.8. The highest BCUT2D eigenvalue weighted by molar-refractivity contribution is 6.01. The monoisotopic (exact) mass is 607 g/mol. The number of nitrogens with zero attached hydrogens (tertiary/aromatic N) is 2. The van der Waals surface area contributed by atoms with Crippen LogP contribution in [0.25, 0.3) is 0 Å². The molecule has 0 spiro atoms. The van der Waals surface area contributed by atoms with Crippen LogP contribution in [0.1, 0.15) is 29.2 Å². The zero-order chi connectivity index (χ0) is 32.1.